The minimum absolute atomic E-state index is 0.0185. The molecule has 0 spiro atoms. The quantitative estimate of drug-likeness (QED) is 0.796. The summed E-state index contributed by atoms with van der Waals surface area (Å²) in [5, 5.41) is 12.7. The fraction of sp³-hybridized carbons (Fsp3) is 0.133. The minimum atomic E-state index is -0.381. The van der Waals surface area contributed by atoms with Gasteiger partial charge in [0.15, 0.2) is 6.61 Å². The average molecular weight is 371 g/mol. The van der Waals surface area contributed by atoms with Crippen molar-refractivity contribution in [3.05, 3.63) is 51.5 Å². The summed E-state index contributed by atoms with van der Waals surface area (Å²) in [5.41, 5.74) is 1.25. The van der Waals surface area contributed by atoms with E-state index in [0.717, 1.165) is 10.0 Å². The topological polar surface area (TPSA) is 58.6 Å². The van der Waals surface area contributed by atoms with Crippen molar-refractivity contribution in [2.45, 2.75) is 6.92 Å². The van der Waals surface area contributed by atoms with Crippen LogP contribution >= 0.6 is 27.5 Å². The number of amides is 1. The van der Waals surface area contributed by atoms with E-state index < -0.39 is 0 Å². The second-order valence-electron chi connectivity index (χ2n) is 4.43. The highest BCUT2D eigenvalue weighted by Gasteiger charge is 2.09. The number of halogens is 2. The zero-order valence-corrected chi connectivity index (χ0v) is 13.5. The largest absolute Gasteiger partial charge is 0.506 e. The third kappa shape index (κ3) is 4.37. The summed E-state index contributed by atoms with van der Waals surface area (Å²) in [6.07, 6.45) is 0. The highest BCUT2D eigenvalue weighted by molar-refractivity contribution is 9.10. The van der Waals surface area contributed by atoms with Crippen molar-refractivity contribution in [1.82, 2.24) is 0 Å². The lowest BCUT2D eigenvalue weighted by atomic mass is 10.2. The number of aromatic hydroxyl groups is 1. The zero-order chi connectivity index (χ0) is 15.4. The Morgan fingerprint density at radius 2 is 2.10 bits per heavy atom. The molecule has 1 amide bonds. The number of carbonyl (C=O) groups excluding carboxylic acids is 1. The third-order valence-corrected chi connectivity index (χ3v) is 3.47. The maximum Gasteiger partial charge on any atom is 0.262 e. The van der Waals surface area contributed by atoms with E-state index in [9.17, 15) is 9.90 Å². The molecule has 0 bridgehead atoms. The number of carbonyl (C=O) groups is 1. The summed E-state index contributed by atoms with van der Waals surface area (Å²) in [6.45, 7) is 1.65. The van der Waals surface area contributed by atoms with Gasteiger partial charge in [-0.25, -0.2) is 0 Å². The summed E-state index contributed by atoms with van der Waals surface area (Å²) >= 11 is 9.28. The predicted molar refractivity (Wildman–Crippen MR) is 86.1 cm³/mol. The molecule has 0 radical (unpaired) electrons. The molecular weight excluding hydrogens is 358 g/mol. The third-order valence-electron chi connectivity index (χ3n) is 2.68. The van der Waals surface area contributed by atoms with Gasteiger partial charge < -0.3 is 15.2 Å². The number of nitrogens with one attached hydrogen (secondary N) is 1. The van der Waals surface area contributed by atoms with Crippen LogP contribution in [0.3, 0.4) is 0 Å². The molecule has 6 heteroatoms. The summed E-state index contributed by atoms with van der Waals surface area (Å²) < 4.78 is 6.17. The number of ether oxygens (including phenoxy) is 1. The fourth-order valence-corrected chi connectivity index (χ4v) is 2.40. The van der Waals surface area contributed by atoms with Crippen LogP contribution in [0.4, 0.5) is 5.69 Å². The molecule has 0 aliphatic carbocycles. The molecule has 4 nitrogen and oxygen atoms in total. The molecule has 0 aliphatic heterocycles. The summed E-state index contributed by atoms with van der Waals surface area (Å²) in [6, 6.07) is 10.1. The number of phenolic OH excluding ortho intramolecular Hbond substituents is 1. The first-order chi connectivity index (χ1) is 9.95. The highest BCUT2D eigenvalue weighted by atomic mass is 79.9. The molecule has 0 heterocycles. The lowest BCUT2D eigenvalue weighted by Crippen LogP contribution is -2.20. The number of aryl methyl sites for hydroxylation is 1. The van der Waals surface area contributed by atoms with Crippen molar-refractivity contribution < 1.29 is 14.6 Å². The van der Waals surface area contributed by atoms with Gasteiger partial charge in [-0.1, -0.05) is 33.6 Å². The normalized spacial score (nSPS) is 10.2. The first kappa shape index (κ1) is 15.7. The molecule has 0 fully saturated rings. The Morgan fingerprint density at radius 1 is 1.33 bits per heavy atom. The van der Waals surface area contributed by atoms with Crippen LogP contribution in [-0.2, 0) is 4.79 Å². The number of benzene rings is 2. The van der Waals surface area contributed by atoms with E-state index in [2.05, 4.69) is 21.2 Å². The highest BCUT2D eigenvalue weighted by Crippen LogP contribution is 2.28. The van der Waals surface area contributed by atoms with Crippen LogP contribution in [0.1, 0.15) is 5.56 Å². The Morgan fingerprint density at radius 3 is 2.76 bits per heavy atom. The smallest absolute Gasteiger partial charge is 0.262 e. The van der Waals surface area contributed by atoms with Crippen LogP contribution in [0.5, 0.6) is 11.5 Å². The number of phenols is 1. The fourth-order valence-electron chi connectivity index (χ4n) is 1.67. The lowest BCUT2D eigenvalue weighted by Gasteiger charge is -2.10. The molecule has 21 heavy (non-hydrogen) atoms. The molecular formula is C15H13BrClNO3. The van der Waals surface area contributed by atoms with Crippen LogP contribution in [0.15, 0.2) is 40.9 Å². The predicted octanol–water partition coefficient (Wildman–Crippen LogP) is 4.13. The van der Waals surface area contributed by atoms with Crippen molar-refractivity contribution in [3.8, 4) is 11.5 Å². The van der Waals surface area contributed by atoms with Crippen LogP contribution < -0.4 is 10.1 Å². The van der Waals surface area contributed by atoms with Gasteiger partial charge in [0.1, 0.15) is 11.5 Å². The minimum Gasteiger partial charge on any atom is -0.506 e. The summed E-state index contributed by atoms with van der Waals surface area (Å²) in [7, 11) is 0. The molecule has 0 saturated carbocycles. The maximum atomic E-state index is 11.8. The average Bonchev–Trinajstić information content (AvgIpc) is 2.41. The molecule has 0 aliphatic rings. The van der Waals surface area contributed by atoms with Crippen LogP contribution in [0.25, 0.3) is 0 Å². The summed E-state index contributed by atoms with van der Waals surface area (Å²) in [4.78, 5) is 11.8. The van der Waals surface area contributed by atoms with Crippen LogP contribution in [0.2, 0.25) is 5.02 Å². The van der Waals surface area contributed by atoms with Crippen molar-refractivity contribution in [2.24, 2.45) is 0 Å². The van der Waals surface area contributed by atoms with E-state index in [1.165, 1.54) is 0 Å². The molecule has 2 N–H and O–H groups in total. The van der Waals surface area contributed by atoms with E-state index in [-0.39, 0.29) is 18.3 Å². The second kappa shape index (κ2) is 6.83. The van der Waals surface area contributed by atoms with Crippen molar-refractivity contribution in [1.29, 1.82) is 0 Å². The van der Waals surface area contributed by atoms with Crippen molar-refractivity contribution in [3.63, 3.8) is 0 Å². The molecule has 0 saturated heterocycles. The van der Waals surface area contributed by atoms with Gasteiger partial charge in [0, 0.05) is 4.47 Å². The van der Waals surface area contributed by atoms with Crippen LogP contribution in [0, 0.1) is 6.92 Å². The Hall–Kier alpha value is -1.72. The summed E-state index contributed by atoms with van der Waals surface area (Å²) in [5.74, 6) is 0.0568. The second-order valence-corrected chi connectivity index (χ2v) is 5.76. The van der Waals surface area contributed by atoms with Gasteiger partial charge in [-0.3, -0.25) is 4.79 Å². The standard InChI is InChI=1S/C15H13BrClNO3/c1-9-2-4-12(13(19)6-9)18-15(20)8-21-14-5-3-10(16)7-11(14)17/h2-7,19H,8H2,1H3,(H,18,20). The number of anilines is 1. The van der Waals surface area contributed by atoms with E-state index in [0.29, 0.717) is 16.5 Å². The molecule has 0 unspecified atom stereocenters. The Kier molecular flexibility index (Phi) is 5.09. The van der Waals surface area contributed by atoms with Gasteiger partial charge in [-0.15, -0.1) is 0 Å². The molecule has 0 aromatic heterocycles. The first-order valence-corrected chi connectivity index (χ1v) is 7.30. The Bertz CT molecular complexity index is 676. The monoisotopic (exact) mass is 369 g/mol. The Balaban J connectivity index is 1.96. The van der Waals surface area contributed by atoms with E-state index in [4.69, 9.17) is 16.3 Å². The lowest BCUT2D eigenvalue weighted by molar-refractivity contribution is -0.118. The molecule has 2 rings (SSSR count). The van der Waals surface area contributed by atoms with E-state index >= 15 is 0 Å². The van der Waals surface area contributed by atoms with Crippen LogP contribution in [-0.4, -0.2) is 17.6 Å². The van der Waals surface area contributed by atoms with Gasteiger partial charge in [0.2, 0.25) is 0 Å². The molecule has 2 aromatic carbocycles. The van der Waals surface area contributed by atoms with Gasteiger partial charge >= 0.3 is 0 Å². The SMILES string of the molecule is Cc1ccc(NC(=O)COc2ccc(Br)cc2Cl)c(O)c1. The van der Waals surface area contributed by atoms with Gasteiger partial charge in [0.25, 0.3) is 5.91 Å². The molecule has 2 aromatic rings. The maximum absolute atomic E-state index is 11.8. The van der Waals surface area contributed by atoms with Gasteiger partial charge in [0.05, 0.1) is 10.7 Å². The Labute approximate surface area is 135 Å². The zero-order valence-electron chi connectivity index (χ0n) is 11.2. The number of rotatable bonds is 4. The van der Waals surface area contributed by atoms with E-state index in [1.807, 2.05) is 6.92 Å². The number of hydrogen-bond donors (Lipinski definition) is 2. The van der Waals surface area contributed by atoms with Gasteiger partial charge in [-0.05, 0) is 42.8 Å². The van der Waals surface area contributed by atoms with Crippen molar-refractivity contribution >= 4 is 39.1 Å². The molecule has 0 atom stereocenters. The first-order valence-electron chi connectivity index (χ1n) is 6.13. The van der Waals surface area contributed by atoms with E-state index in [1.54, 1.807) is 36.4 Å². The van der Waals surface area contributed by atoms with Crippen molar-refractivity contribution in [2.75, 3.05) is 11.9 Å². The number of hydrogen-bond acceptors (Lipinski definition) is 3. The van der Waals surface area contributed by atoms with Gasteiger partial charge in [-0.2, -0.15) is 0 Å². The molecule has 110 valence electrons.